The Morgan fingerprint density at radius 3 is 2.90 bits per heavy atom. The lowest BCUT2D eigenvalue weighted by molar-refractivity contribution is 0.0378. The van der Waals surface area contributed by atoms with Crippen molar-refractivity contribution in [2.45, 2.75) is 26.4 Å². The molecule has 1 fully saturated rings. The van der Waals surface area contributed by atoms with Crippen LogP contribution in [0.3, 0.4) is 0 Å². The summed E-state index contributed by atoms with van der Waals surface area (Å²) < 4.78 is 15.2. The highest BCUT2D eigenvalue weighted by Crippen LogP contribution is 2.35. The van der Waals surface area contributed by atoms with Gasteiger partial charge in [-0.25, -0.2) is 0 Å². The Morgan fingerprint density at radius 2 is 2.20 bits per heavy atom. The summed E-state index contributed by atoms with van der Waals surface area (Å²) in [5, 5.41) is 4.30. The number of hydrogen-bond acceptors (Lipinski definition) is 7. The minimum Gasteiger partial charge on any atom is -0.484 e. The van der Waals surface area contributed by atoms with E-state index in [2.05, 4.69) is 14.6 Å². The molecule has 1 aromatic heterocycles. The fraction of sp³-hybridized carbons (Fsp3) is 0.769. The van der Waals surface area contributed by atoms with Gasteiger partial charge < -0.3 is 20.5 Å². The van der Waals surface area contributed by atoms with Crippen LogP contribution in [0.4, 0.5) is 10.8 Å². The van der Waals surface area contributed by atoms with Crippen LogP contribution >= 0.6 is 11.5 Å². The van der Waals surface area contributed by atoms with Crippen LogP contribution in [-0.4, -0.2) is 54.8 Å². The van der Waals surface area contributed by atoms with Crippen molar-refractivity contribution in [3.8, 4) is 5.75 Å². The zero-order valence-corrected chi connectivity index (χ0v) is 13.0. The predicted molar refractivity (Wildman–Crippen MR) is 82.7 cm³/mol. The fourth-order valence-electron chi connectivity index (χ4n) is 2.09. The molecule has 7 heteroatoms. The minimum atomic E-state index is 0.0996. The Labute approximate surface area is 124 Å². The van der Waals surface area contributed by atoms with Crippen molar-refractivity contribution in [2.24, 2.45) is 0 Å². The molecule has 6 nitrogen and oxygen atoms in total. The van der Waals surface area contributed by atoms with Crippen LogP contribution in [0.5, 0.6) is 5.75 Å². The van der Waals surface area contributed by atoms with Gasteiger partial charge in [-0.05, 0) is 38.3 Å². The first-order chi connectivity index (χ1) is 9.66. The Morgan fingerprint density at radius 1 is 1.45 bits per heavy atom. The summed E-state index contributed by atoms with van der Waals surface area (Å²) >= 11 is 1.36. The van der Waals surface area contributed by atoms with E-state index in [0.29, 0.717) is 11.6 Å². The molecule has 0 aliphatic carbocycles. The number of nitrogens with one attached hydrogen (secondary N) is 1. The van der Waals surface area contributed by atoms with Crippen LogP contribution in [0.15, 0.2) is 0 Å². The molecule has 114 valence electrons. The van der Waals surface area contributed by atoms with Gasteiger partial charge in [0.25, 0.3) is 0 Å². The molecule has 1 aromatic rings. The maximum atomic E-state index is 5.82. The first-order valence-corrected chi connectivity index (χ1v) is 7.90. The van der Waals surface area contributed by atoms with E-state index in [4.69, 9.17) is 15.2 Å². The SMILES string of the molecule is CC(C)Oc1c(N)nsc1NCCCN1CCOCC1. The lowest BCUT2D eigenvalue weighted by Gasteiger charge is -2.26. The summed E-state index contributed by atoms with van der Waals surface area (Å²) in [6, 6.07) is 0. The van der Waals surface area contributed by atoms with Gasteiger partial charge in [-0.15, -0.1) is 0 Å². The van der Waals surface area contributed by atoms with E-state index >= 15 is 0 Å². The van der Waals surface area contributed by atoms with Gasteiger partial charge in [-0.2, -0.15) is 4.37 Å². The van der Waals surface area contributed by atoms with Gasteiger partial charge in [0.05, 0.1) is 19.3 Å². The fourth-order valence-corrected chi connectivity index (χ4v) is 2.76. The zero-order valence-electron chi connectivity index (χ0n) is 12.2. The molecule has 20 heavy (non-hydrogen) atoms. The second kappa shape index (κ2) is 7.66. The van der Waals surface area contributed by atoms with Gasteiger partial charge in [0.2, 0.25) is 0 Å². The van der Waals surface area contributed by atoms with Crippen molar-refractivity contribution in [3.05, 3.63) is 0 Å². The lowest BCUT2D eigenvalue weighted by Crippen LogP contribution is -2.37. The largest absolute Gasteiger partial charge is 0.484 e. The summed E-state index contributed by atoms with van der Waals surface area (Å²) in [6.45, 7) is 9.73. The monoisotopic (exact) mass is 300 g/mol. The Bertz CT molecular complexity index is 405. The van der Waals surface area contributed by atoms with Crippen LogP contribution < -0.4 is 15.8 Å². The molecule has 0 radical (unpaired) electrons. The zero-order chi connectivity index (χ0) is 14.4. The molecule has 0 spiro atoms. The molecule has 0 bridgehead atoms. The van der Waals surface area contributed by atoms with Crippen molar-refractivity contribution in [1.29, 1.82) is 0 Å². The van der Waals surface area contributed by atoms with Crippen LogP contribution in [0.1, 0.15) is 20.3 Å². The Hall–Kier alpha value is -1.05. The smallest absolute Gasteiger partial charge is 0.197 e. The lowest BCUT2D eigenvalue weighted by atomic mass is 10.3. The molecule has 0 saturated carbocycles. The molecule has 3 N–H and O–H groups in total. The predicted octanol–water partition coefficient (Wildman–Crippen LogP) is 1.65. The molecule has 2 rings (SSSR count). The van der Waals surface area contributed by atoms with Gasteiger partial charge in [0.15, 0.2) is 16.6 Å². The van der Waals surface area contributed by atoms with Crippen LogP contribution in [0, 0.1) is 0 Å². The van der Waals surface area contributed by atoms with Crippen LogP contribution in [0.2, 0.25) is 0 Å². The van der Waals surface area contributed by atoms with E-state index in [1.54, 1.807) is 0 Å². The standard InChI is InChI=1S/C13H24N4O2S/c1-10(2)19-11-12(14)16-20-13(11)15-4-3-5-17-6-8-18-9-7-17/h10,15H,3-9H2,1-2H3,(H2,14,16). The number of hydrogen-bond donors (Lipinski definition) is 2. The summed E-state index contributed by atoms with van der Waals surface area (Å²) in [4.78, 5) is 2.43. The van der Waals surface area contributed by atoms with Crippen LogP contribution in [0.25, 0.3) is 0 Å². The maximum absolute atomic E-state index is 5.82. The summed E-state index contributed by atoms with van der Waals surface area (Å²) in [5.41, 5.74) is 5.82. The topological polar surface area (TPSA) is 72.6 Å². The number of rotatable bonds is 7. The van der Waals surface area contributed by atoms with Crippen molar-refractivity contribution < 1.29 is 9.47 Å². The first kappa shape index (κ1) is 15.3. The molecule has 1 aliphatic rings. The molecular weight excluding hydrogens is 276 g/mol. The van der Waals surface area contributed by atoms with Crippen molar-refractivity contribution in [1.82, 2.24) is 9.27 Å². The average Bonchev–Trinajstić information content (AvgIpc) is 2.77. The highest BCUT2D eigenvalue weighted by Gasteiger charge is 2.14. The maximum Gasteiger partial charge on any atom is 0.197 e. The average molecular weight is 300 g/mol. The number of aromatic nitrogens is 1. The Kier molecular flexibility index (Phi) is 5.87. The van der Waals surface area contributed by atoms with E-state index in [1.165, 1.54) is 11.5 Å². The summed E-state index contributed by atoms with van der Waals surface area (Å²) in [6.07, 6.45) is 1.18. The minimum absolute atomic E-state index is 0.0996. The number of morpholine rings is 1. The van der Waals surface area contributed by atoms with Gasteiger partial charge in [-0.1, -0.05) is 0 Å². The van der Waals surface area contributed by atoms with Crippen LogP contribution in [-0.2, 0) is 4.74 Å². The molecule has 2 heterocycles. The number of nitrogen functional groups attached to an aromatic ring is 1. The van der Waals surface area contributed by atoms with E-state index in [-0.39, 0.29) is 6.10 Å². The van der Waals surface area contributed by atoms with Gasteiger partial charge >= 0.3 is 0 Å². The van der Waals surface area contributed by atoms with E-state index in [0.717, 1.165) is 50.8 Å². The summed E-state index contributed by atoms with van der Waals surface area (Å²) in [7, 11) is 0. The normalized spacial score (nSPS) is 16.6. The van der Waals surface area contributed by atoms with Gasteiger partial charge in [0.1, 0.15) is 0 Å². The first-order valence-electron chi connectivity index (χ1n) is 7.12. The van der Waals surface area contributed by atoms with Crippen molar-refractivity contribution >= 4 is 22.4 Å². The third-order valence-corrected chi connectivity index (χ3v) is 3.87. The third kappa shape index (κ3) is 4.50. The molecule has 0 unspecified atom stereocenters. The number of anilines is 2. The number of nitrogens with two attached hydrogens (primary N) is 1. The third-order valence-electron chi connectivity index (χ3n) is 3.07. The second-order valence-electron chi connectivity index (χ2n) is 5.13. The molecule has 1 aliphatic heterocycles. The highest BCUT2D eigenvalue weighted by atomic mass is 32.1. The molecular formula is C13H24N4O2S. The van der Waals surface area contributed by atoms with Gasteiger partial charge in [0, 0.05) is 19.6 Å². The van der Waals surface area contributed by atoms with E-state index < -0.39 is 0 Å². The van der Waals surface area contributed by atoms with Gasteiger partial charge in [-0.3, -0.25) is 4.90 Å². The molecule has 0 aromatic carbocycles. The van der Waals surface area contributed by atoms with Crippen molar-refractivity contribution in [3.63, 3.8) is 0 Å². The quantitative estimate of drug-likeness (QED) is 0.746. The van der Waals surface area contributed by atoms with E-state index in [9.17, 15) is 0 Å². The number of ether oxygens (including phenoxy) is 2. The van der Waals surface area contributed by atoms with E-state index in [1.807, 2.05) is 13.8 Å². The molecule has 0 amide bonds. The summed E-state index contributed by atoms with van der Waals surface area (Å²) in [5.74, 6) is 1.16. The molecule has 1 saturated heterocycles. The number of nitrogens with zero attached hydrogens (tertiary/aromatic N) is 2. The second-order valence-corrected chi connectivity index (χ2v) is 5.90. The molecule has 0 atom stereocenters. The Balaban J connectivity index is 1.73. The van der Waals surface area contributed by atoms with Crippen molar-refractivity contribution in [2.75, 3.05) is 50.4 Å². The highest BCUT2D eigenvalue weighted by molar-refractivity contribution is 7.11.